The van der Waals surface area contributed by atoms with Crippen LogP contribution in [-0.2, 0) is 11.2 Å². The second-order valence-corrected chi connectivity index (χ2v) is 4.56. The van der Waals surface area contributed by atoms with E-state index in [-0.39, 0.29) is 6.04 Å². The van der Waals surface area contributed by atoms with Gasteiger partial charge in [-0.15, -0.1) is 0 Å². The van der Waals surface area contributed by atoms with E-state index < -0.39 is 18.0 Å². The third kappa shape index (κ3) is 4.71. The summed E-state index contributed by atoms with van der Waals surface area (Å²) in [5.41, 5.74) is 7.27. The van der Waals surface area contributed by atoms with Gasteiger partial charge in [-0.3, -0.25) is 15.4 Å². The maximum atomic E-state index is 11.5. The first-order valence-electron chi connectivity index (χ1n) is 6.39. The van der Waals surface area contributed by atoms with Crippen LogP contribution in [0.1, 0.15) is 37.9 Å². The molecule has 0 saturated heterocycles. The van der Waals surface area contributed by atoms with Crippen molar-refractivity contribution in [2.75, 3.05) is 0 Å². The summed E-state index contributed by atoms with van der Waals surface area (Å²) in [4.78, 5) is 22.1. The van der Waals surface area contributed by atoms with Gasteiger partial charge in [-0.05, 0) is 31.4 Å². The SMILES string of the molecule is CCc1ccc([C@@H](C)N[C@@H](C)C(=O)NC(N)=O)cc1. The van der Waals surface area contributed by atoms with Crippen LogP contribution in [0.2, 0.25) is 0 Å². The number of aryl methyl sites for hydroxylation is 1. The first-order chi connectivity index (χ1) is 8.93. The van der Waals surface area contributed by atoms with Crippen LogP contribution in [0.5, 0.6) is 0 Å². The largest absolute Gasteiger partial charge is 0.351 e. The molecule has 1 rings (SSSR count). The molecule has 0 saturated carbocycles. The zero-order chi connectivity index (χ0) is 14.4. The van der Waals surface area contributed by atoms with Gasteiger partial charge in [-0.1, -0.05) is 31.2 Å². The normalized spacial score (nSPS) is 13.6. The molecule has 0 bridgehead atoms. The first-order valence-corrected chi connectivity index (χ1v) is 6.39. The number of carbonyl (C=O) groups is 2. The van der Waals surface area contributed by atoms with Crippen LogP contribution in [0, 0.1) is 0 Å². The minimum absolute atomic E-state index is 0.0135. The second-order valence-electron chi connectivity index (χ2n) is 4.56. The van der Waals surface area contributed by atoms with Crippen molar-refractivity contribution in [3.63, 3.8) is 0 Å². The molecule has 4 N–H and O–H groups in total. The number of urea groups is 1. The zero-order valence-corrected chi connectivity index (χ0v) is 11.6. The number of benzene rings is 1. The van der Waals surface area contributed by atoms with Crippen molar-refractivity contribution in [2.45, 2.75) is 39.3 Å². The zero-order valence-electron chi connectivity index (χ0n) is 11.6. The van der Waals surface area contributed by atoms with Gasteiger partial charge in [0.05, 0.1) is 6.04 Å². The second kappa shape index (κ2) is 6.89. The lowest BCUT2D eigenvalue weighted by molar-refractivity contribution is -0.121. The van der Waals surface area contributed by atoms with Crippen LogP contribution in [0.15, 0.2) is 24.3 Å². The van der Waals surface area contributed by atoms with Gasteiger partial charge in [-0.25, -0.2) is 4.79 Å². The highest BCUT2D eigenvalue weighted by Gasteiger charge is 2.17. The molecule has 2 atom stereocenters. The quantitative estimate of drug-likeness (QED) is 0.752. The Morgan fingerprint density at radius 1 is 1.21 bits per heavy atom. The molecular formula is C14H21N3O2. The summed E-state index contributed by atoms with van der Waals surface area (Å²) in [5, 5.41) is 5.17. The molecule has 19 heavy (non-hydrogen) atoms. The van der Waals surface area contributed by atoms with Crippen LogP contribution in [0.25, 0.3) is 0 Å². The number of nitrogens with two attached hydrogens (primary N) is 1. The summed E-state index contributed by atoms with van der Waals surface area (Å²) >= 11 is 0. The fourth-order valence-electron chi connectivity index (χ4n) is 1.82. The molecular weight excluding hydrogens is 242 g/mol. The van der Waals surface area contributed by atoms with E-state index in [9.17, 15) is 9.59 Å². The fourth-order valence-corrected chi connectivity index (χ4v) is 1.82. The van der Waals surface area contributed by atoms with E-state index in [1.54, 1.807) is 6.92 Å². The third-order valence-electron chi connectivity index (χ3n) is 3.03. The van der Waals surface area contributed by atoms with E-state index in [1.807, 2.05) is 19.1 Å². The Bertz CT molecular complexity index is 443. The molecule has 3 amide bonds. The number of imide groups is 1. The lowest BCUT2D eigenvalue weighted by Crippen LogP contribution is -2.47. The molecule has 5 heteroatoms. The molecule has 1 aromatic carbocycles. The highest BCUT2D eigenvalue weighted by molar-refractivity contribution is 5.96. The van der Waals surface area contributed by atoms with Crippen molar-refractivity contribution >= 4 is 11.9 Å². The maximum Gasteiger partial charge on any atom is 0.318 e. The Balaban J connectivity index is 2.60. The van der Waals surface area contributed by atoms with Crippen LogP contribution < -0.4 is 16.4 Å². The smallest absolute Gasteiger partial charge is 0.318 e. The molecule has 104 valence electrons. The summed E-state index contributed by atoms with van der Waals surface area (Å²) in [6.45, 7) is 5.76. The highest BCUT2D eigenvalue weighted by atomic mass is 16.2. The lowest BCUT2D eigenvalue weighted by atomic mass is 10.0. The number of amides is 3. The minimum atomic E-state index is -0.835. The molecule has 0 unspecified atom stereocenters. The number of hydrogen-bond acceptors (Lipinski definition) is 3. The number of primary amides is 1. The van der Waals surface area contributed by atoms with Gasteiger partial charge in [0.15, 0.2) is 0 Å². The Morgan fingerprint density at radius 3 is 2.26 bits per heavy atom. The Hall–Kier alpha value is -1.88. The van der Waals surface area contributed by atoms with Crippen LogP contribution >= 0.6 is 0 Å². The lowest BCUT2D eigenvalue weighted by Gasteiger charge is -2.19. The maximum absolute atomic E-state index is 11.5. The molecule has 0 aliphatic rings. The summed E-state index contributed by atoms with van der Waals surface area (Å²) < 4.78 is 0. The van der Waals surface area contributed by atoms with Gasteiger partial charge in [0, 0.05) is 6.04 Å². The molecule has 0 spiro atoms. The number of hydrogen-bond donors (Lipinski definition) is 3. The fraction of sp³-hybridized carbons (Fsp3) is 0.429. The van der Waals surface area contributed by atoms with Crippen LogP contribution in [0.4, 0.5) is 4.79 Å². The van der Waals surface area contributed by atoms with Crippen molar-refractivity contribution in [3.8, 4) is 0 Å². The topological polar surface area (TPSA) is 84.2 Å². The van der Waals surface area contributed by atoms with Gasteiger partial charge >= 0.3 is 6.03 Å². The molecule has 0 heterocycles. The van der Waals surface area contributed by atoms with Gasteiger partial charge in [0.1, 0.15) is 0 Å². The van der Waals surface area contributed by atoms with Gasteiger partial charge in [0.2, 0.25) is 5.91 Å². The van der Waals surface area contributed by atoms with Gasteiger partial charge < -0.3 is 5.73 Å². The standard InChI is InChI=1S/C14H21N3O2/c1-4-11-5-7-12(8-6-11)9(2)16-10(3)13(18)17-14(15)19/h5-10,16H,4H2,1-3H3,(H3,15,17,18,19)/t9-,10+/m1/s1. The number of rotatable bonds is 5. The van der Waals surface area contributed by atoms with E-state index in [0.717, 1.165) is 12.0 Å². The average Bonchev–Trinajstić information content (AvgIpc) is 2.37. The molecule has 0 aliphatic heterocycles. The van der Waals surface area contributed by atoms with E-state index in [4.69, 9.17) is 5.73 Å². The van der Waals surface area contributed by atoms with E-state index >= 15 is 0 Å². The molecule has 0 aromatic heterocycles. The molecule has 1 aromatic rings. The average molecular weight is 263 g/mol. The van der Waals surface area contributed by atoms with E-state index in [1.165, 1.54) is 5.56 Å². The van der Waals surface area contributed by atoms with Crippen LogP contribution in [0.3, 0.4) is 0 Å². The summed E-state index contributed by atoms with van der Waals surface area (Å²) in [6, 6.07) is 6.90. The molecule has 5 nitrogen and oxygen atoms in total. The Kier molecular flexibility index (Phi) is 5.51. The predicted octanol–water partition coefficient (Wildman–Crippen LogP) is 1.48. The minimum Gasteiger partial charge on any atom is -0.351 e. The van der Waals surface area contributed by atoms with Crippen molar-refractivity contribution in [2.24, 2.45) is 5.73 Å². The van der Waals surface area contributed by atoms with Crippen molar-refractivity contribution in [3.05, 3.63) is 35.4 Å². The Labute approximate surface area is 113 Å². The van der Waals surface area contributed by atoms with Gasteiger partial charge in [0.25, 0.3) is 0 Å². The van der Waals surface area contributed by atoms with Gasteiger partial charge in [-0.2, -0.15) is 0 Å². The highest BCUT2D eigenvalue weighted by Crippen LogP contribution is 2.14. The number of nitrogens with one attached hydrogen (secondary N) is 2. The van der Waals surface area contributed by atoms with Crippen molar-refractivity contribution in [1.29, 1.82) is 0 Å². The predicted molar refractivity (Wildman–Crippen MR) is 74.6 cm³/mol. The summed E-state index contributed by atoms with van der Waals surface area (Å²) in [7, 11) is 0. The molecule has 0 fully saturated rings. The number of carbonyl (C=O) groups excluding carboxylic acids is 2. The van der Waals surface area contributed by atoms with E-state index in [0.29, 0.717) is 0 Å². The van der Waals surface area contributed by atoms with Crippen molar-refractivity contribution in [1.82, 2.24) is 10.6 Å². The van der Waals surface area contributed by atoms with Crippen LogP contribution in [-0.4, -0.2) is 18.0 Å². The molecule has 0 aliphatic carbocycles. The monoisotopic (exact) mass is 263 g/mol. The van der Waals surface area contributed by atoms with E-state index in [2.05, 4.69) is 29.7 Å². The Morgan fingerprint density at radius 2 is 1.79 bits per heavy atom. The summed E-state index contributed by atoms with van der Waals surface area (Å²) in [6.07, 6.45) is 1.000. The summed E-state index contributed by atoms with van der Waals surface area (Å²) in [5.74, 6) is -0.426. The molecule has 0 radical (unpaired) electrons. The first kappa shape index (κ1) is 15.2. The van der Waals surface area contributed by atoms with Crippen molar-refractivity contribution < 1.29 is 9.59 Å². The third-order valence-corrected chi connectivity index (χ3v) is 3.03.